The maximum Gasteiger partial charge on any atom is 0.258 e. The van der Waals surface area contributed by atoms with E-state index in [1.807, 2.05) is 44.2 Å². The molecule has 0 saturated heterocycles. The van der Waals surface area contributed by atoms with Crippen molar-refractivity contribution >= 4 is 12.0 Å². The van der Waals surface area contributed by atoms with Crippen LogP contribution in [0.25, 0.3) is 6.08 Å². The van der Waals surface area contributed by atoms with E-state index in [4.69, 9.17) is 14.2 Å². The number of amides is 1. The lowest BCUT2D eigenvalue weighted by atomic mass is 10.2. The van der Waals surface area contributed by atoms with Crippen molar-refractivity contribution in [2.75, 3.05) is 20.3 Å². The molecule has 1 aromatic carbocycles. The number of benzene rings is 1. The number of hydrogen-bond donors (Lipinski definition) is 1. The van der Waals surface area contributed by atoms with Gasteiger partial charge in [0.1, 0.15) is 0 Å². The third kappa shape index (κ3) is 5.51. The van der Waals surface area contributed by atoms with E-state index in [0.717, 1.165) is 11.1 Å². The minimum absolute atomic E-state index is 0.108. The summed E-state index contributed by atoms with van der Waals surface area (Å²) in [5.41, 5.74) is 1.82. The lowest BCUT2D eigenvalue weighted by molar-refractivity contribution is -0.123. The summed E-state index contributed by atoms with van der Waals surface area (Å²) in [4.78, 5) is 16.2. The second-order valence-corrected chi connectivity index (χ2v) is 5.38. The average molecular weight is 356 g/mol. The first-order valence-corrected chi connectivity index (χ1v) is 8.44. The number of allylic oxidation sites excluding steroid dienone is 1. The lowest BCUT2D eigenvalue weighted by Crippen LogP contribution is -2.28. The van der Waals surface area contributed by atoms with Crippen LogP contribution in [-0.4, -0.2) is 31.2 Å². The van der Waals surface area contributed by atoms with Gasteiger partial charge in [-0.1, -0.05) is 24.3 Å². The quantitative estimate of drug-likeness (QED) is 0.747. The van der Waals surface area contributed by atoms with E-state index in [1.54, 1.807) is 25.4 Å². The second-order valence-electron chi connectivity index (χ2n) is 5.38. The van der Waals surface area contributed by atoms with Crippen molar-refractivity contribution in [1.29, 1.82) is 0 Å². The Balaban J connectivity index is 1.91. The minimum atomic E-state index is -0.240. The van der Waals surface area contributed by atoms with E-state index in [0.29, 0.717) is 30.5 Å². The molecule has 1 aromatic heterocycles. The summed E-state index contributed by atoms with van der Waals surface area (Å²) in [6.45, 7) is 4.57. The summed E-state index contributed by atoms with van der Waals surface area (Å²) in [6, 6.07) is 9.21. The van der Waals surface area contributed by atoms with Crippen LogP contribution >= 0.6 is 0 Å². The van der Waals surface area contributed by atoms with Crippen LogP contribution < -0.4 is 19.5 Å². The van der Waals surface area contributed by atoms with E-state index in [1.165, 1.54) is 0 Å². The van der Waals surface area contributed by atoms with Crippen LogP contribution in [0.5, 0.6) is 17.4 Å². The number of aromatic nitrogens is 1. The normalized spacial score (nSPS) is 10.6. The highest BCUT2D eigenvalue weighted by atomic mass is 16.5. The average Bonchev–Trinajstić information content (AvgIpc) is 2.66. The van der Waals surface area contributed by atoms with E-state index in [2.05, 4.69) is 10.3 Å². The predicted octanol–water partition coefficient (Wildman–Crippen LogP) is 3.22. The number of carbonyl (C=O) groups is 1. The molecule has 0 spiro atoms. The first kappa shape index (κ1) is 19.3. The number of methoxy groups -OCH3 is 1. The van der Waals surface area contributed by atoms with Crippen LogP contribution in [0.3, 0.4) is 0 Å². The van der Waals surface area contributed by atoms with Crippen molar-refractivity contribution in [3.05, 3.63) is 53.7 Å². The van der Waals surface area contributed by atoms with Crippen LogP contribution in [0.15, 0.2) is 42.6 Å². The van der Waals surface area contributed by atoms with Crippen LogP contribution in [0.2, 0.25) is 0 Å². The molecule has 0 saturated carbocycles. The van der Waals surface area contributed by atoms with Crippen molar-refractivity contribution in [3.63, 3.8) is 0 Å². The molecule has 6 nitrogen and oxygen atoms in total. The van der Waals surface area contributed by atoms with Gasteiger partial charge in [-0.25, -0.2) is 4.98 Å². The smallest absolute Gasteiger partial charge is 0.258 e. The van der Waals surface area contributed by atoms with Gasteiger partial charge < -0.3 is 19.5 Å². The van der Waals surface area contributed by atoms with Crippen LogP contribution in [-0.2, 0) is 11.3 Å². The Morgan fingerprint density at radius 2 is 2.08 bits per heavy atom. The molecular weight excluding hydrogens is 332 g/mol. The molecule has 2 aromatic rings. The highest BCUT2D eigenvalue weighted by molar-refractivity contribution is 5.77. The molecule has 1 amide bonds. The van der Waals surface area contributed by atoms with Crippen molar-refractivity contribution in [1.82, 2.24) is 10.3 Å². The maximum atomic E-state index is 12.1. The molecule has 138 valence electrons. The predicted molar refractivity (Wildman–Crippen MR) is 100 cm³/mol. The molecule has 1 N–H and O–H groups in total. The van der Waals surface area contributed by atoms with Gasteiger partial charge in [0.05, 0.1) is 13.7 Å². The number of pyridine rings is 1. The molecule has 0 aliphatic heterocycles. The molecule has 6 heteroatoms. The fraction of sp³-hybridized carbons (Fsp3) is 0.300. The Morgan fingerprint density at radius 1 is 1.23 bits per heavy atom. The number of nitrogens with zero attached hydrogens (tertiary/aromatic N) is 1. The fourth-order valence-electron chi connectivity index (χ4n) is 2.31. The SMILES string of the molecule is C/C=C/c1ccc(OCC(=O)NCc2cccnc2OCC)c(OC)c1. The summed E-state index contributed by atoms with van der Waals surface area (Å²) in [7, 11) is 1.57. The summed E-state index contributed by atoms with van der Waals surface area (Å²) < 4.78 is 16.3. The number of nitrogens with one attached hydrogen (secondary N) is 1. The Morgan fingerprint density at radius 3 is 2.81 bits per heavy atom. The molecule has 26 heavy (non-hydrogen) atoms. The van der Waals surface area contributed by atoms with Gasteiger partial charge in [-0.2, -0.15) is 0 Å². The van der Waals surface area contributed by atoms with Gasteiger partial charge in [0.2, 0.25) is 5.88 Å². The molecular formula is C20H24N2O4. The molecule has 0 radical (unpaired) electrons. The zero-order chi connectivity index (χ0) is 18.8. The molecule has 2 rings (SSSR count). The standard InChI is InChI=1S/C20H24N2O4/c1-4-7-15-9-10-17(18(12-15)24-3)26-14-19(23)22-13-16-8-6-11-21-20(16)25-5-2/h4,6-12H,5,13-14H2,1-3H3,(H,22,23)/b7-4+. The topological polar surface area (TPSA) is 69.7 Å². The first-order valence-electron chi connectivity index (χ1n) is 8.44. The second kappa shape index (κ2) is 10.1. The van der Waals surface area contributed by atoms with Gasteiger partial charge in [-0.05, 0) is 37.6 Å². The summed E-state index contributed by atoms with van der Waals surface area (Å²) >= 11 is 0. The van der Waals surface area contributed by atoms with Gasteiger partial charge >= 0.3 is 0 Å². The molecule has 1 heterocycles. The third-order valence-corrected chi connectivity index (χ3v) is 3.51. The Bertz CT molecular complexity index is 759. The number of hydrogen-bond acceptors (Lipinski definition) is 5. The lowest BCUT2D eigenvalue weighted by Gasteiger charge is -2.12. The third-order valence-electron chi connectivity index (χ3n) is 3.51. The molecule has 0 fully saturated rings. The van der Waals surface area contributed by atoms with E-state index in [9.17, 15) is 4.79 Å². The van der Waals surface area contributed by atoms with Crippen LogP contribution in [0, 0.1) is 0 Å². The Labute approximate surface area is 153 Å². The largest absolute Gasteiger partial charge is 0.493 e. The Kier molecular flexibility index (Phi) is 7.49. The number of carbonyl (C=O) groups excluding carboxylic acids is 1. The van der Waals surface area contributed by atoms with Crippen LogP contribution in [0.4, 0.5) is 0 Å². The van der Waals surface area contributed by atoms with Crippen molar-refractivity contribution in [2.45, 2.75) is 20.4 Å². The Hall–Kier alpha value is -3.02. The zero-order valence-electron chi connectivity index (χ0n) is 15.3. The number of ether oxygens (including phenoxy) is 3. The fourth-order valence-corrected chi connectivity index (χ4v) is 2.31. The van der Waals surface area contributed by atoms with Gasteiger partial charge in [0.15, 0.2) is 18.1 Å². The van der Waals surface area contributed by atoms with Gasteiger partial charge in [0.25, 0.3) is 5.91 Å². The van der Waals surface area contributed by atoms with E-state index >= 15 is 0 Å². The van der Waals surface area contributed by atoms with Crippen molar-refractivity contribution in [2.24, 2.45) is 0 Å². The monoisotopic (exact) mass is 356 g/mol. The molecule has 0 unspecified atom stereocenters. The van der Waals surface area contributed by atoms with Gasteiger partial charge in [0, 0.05) is 18.3 Å². The van der Waals surface area contributed by atoms with Crippen molar-refractivity contribution < 1.29 is 19.0 Å². The van der Waals surface area contributed by atoms with Gasteiger partial charge in [-0.3, -0.25) is 4.79 Å². The highest BCUT2D eigenvalue weighted by Crippen LogP contribution is 2.28. The molecule has 0 atom stereocenters. The van der Waals surface area contributed by atoms with E-state index < -0.39 is 0 Å². The summed E-state index contributed by atoms with van der Waals surface area (Å²) in [6.07, 6.45) is 5.56. The summed E-state index contributed by atoms with van der Waals surface area (Å²) in [5, 5.41) is 2.80. The molecule has 0 aliphatic carbocycles. The number of rotatable bonds is 9. The maximum absolute atomic E-state index is 12.1. The summed E-state index contributed by atoms with van der Waals surface area (Å²) in [5.74, 6) is 1.39. The minimum Gasteiger partial charge on any atom is -0.493 e. The zero-order valence-corrected chi connectivity index (χ0v) is 15.3. The van der Waals surface area contributed by atoms with Gasteiger partial charge in [-0.15, -0.1) is 0 Å². The van der Waals surface area contributed by atoms with E-state index in [-0.39, 0.29) is 12.5 Å². The molecule has 0 bridgehead atoms. The highest BCUT2D eigenvalue weighted by Gasteiger charge is 2.10. The first-order chi connectivity index (χ1) is 12.7. The van der Waals surface area contributed by atoms with Crippen LogP contribution in [0.1, 0.15) is 25.0 Å². The molecule has 0 aliphatic rings. The van der Waals surface area contributed by atoms with Crippen molar-refractivity contribution in [3.8, 4) is 17.4 Å².